The molecule has 1 fully saturated rings. The smallest absolute Gasteiger partial charge is 0.165 e. The zero-order chi connectivity index (χ0) is 14.7. The molecule has 0 amide bonds. The number of hydrogen-bond acceptors (Lipinski definition) is 2. The molecule has 4 heteroatoms. The van der Waals surface area contributed by atoms with Crippen molar-refractivity contribution in [2.24, 2.45) is 11.8 Å². The molecule has 1 N–H and O–H groups in total. The minimum atomic E-state index is -0.507. The van der Waals surface area contributed by atoms with Crippen LogP contribution in [0.5, 0.6) is 5.75 Å². The van der Waals surface area contributed by atoms with Gasteiger partial charge in [0.25, 0.3) is 0 Å². The number of benzene rings is 1. The lowest BCUT2D eigenvalue weighted by Gasteiger charge is -2.40. The Kier molecular flexibility index (Phi) is 4.97. The summed E-state index contributed by atoms with van der Waals surface area (Å²) in [7, 11) is 0. The molecule has 4 unspecified atom stereocenters. The fourth-order valence-corrected chi connectivity index (χ4v) is 3.20. The van der Waals surface area contributed by atoms with Crippen molar-refractivity contribution in [3.05, 3.63) is 29.8 Å². The van der Waals surface area contributed by atoms with Crippen LogP contribution in [0.25, 0.3) is 0 Å². The second kappa shape index (κ2) is 6.53. The van der Waals surface area contributed by atoms with Gasteiger partial charge in [0.15, 0.2) is 11.6 Å². The van der Waals surface area contributed by atoms with Crippen LogP contribution in [0.15, 0.2) is 18.2 Å². The lowest BCUT2D eigenvalue weighted by Crippen LogP contribution is -2.51. The van der Waals surface area contributed by atoms with Gasteiger partial charge in [-0.1, -0.05) is 20.8 Å². The minimum Gasteiger partial charge on any atom is -0.485 e. The summed E-state index contributed by atoms with van der Waals surface area (Å²) in [6.45, 7) is 7.22. The van der Waals surface area contributed by atoms with E-state index in [2.05, 4.69) is 19.2 Å². The zero-order valence-corrected chi connectivity index (χ0v) is 12.3. The summed E-state index contributed by atoms with van der Waals surface area (Å²) in [6, 6.07) is 3.53. The van der Waals surface area contributed by atoms with Crippen LogP contribution < -0.4 is 10.1 Å². The van der Waals surface area contributed by atoms with E-state index in [0.717, 1.165) is 37.6 Å². The molecule has 0 bridgehead atoms. The Bertz CT molecular complexity index is 452. The van der Waals surface area contributed by atoms with E-state index in [-0.39, 0.29) is 17.9 Å². The third-order valence-electron chi connectivity index (χ3n) is 4.01. The van der Waals surface area contributed by atoms with Crippen molar-refractivity contribution in [3.8, 4) is 5.75 Å². The normalized spacial score (nSPS) is 30.2. The Balaban J connectivity index is 2.17. The fraction of sp³-hybridized carbons (Fsp3) is 0.625. The minimum absolute atomic E-state index is 0.0132. The van der Waals surface area contributed by atoms with Gasteiger partial charge in [-0.15, -0.1) is 0 Å². The van der Waals surface area contributed by atoms with E-state index in [1.54, 1.807) is 0 Å². The maximum atomic E-state index is 13.7. The summed E-state index contributed by atoms with van der Waals surface area (Å²) >= 11 is 0. The second-order valence-corrected chi connectivity index (χ2v) is 5.88. The lowest BCUT2D eigenvalue weighted by molar-refractivity contribution is 0.0451. The molecule has 4 atom stereocenters. The van der Waals surface area contributed by atoms with Crippen LogP contribution in [0.2, 0.25) is 0 Å². The van der Waals surface area contributed by atoms with Gasteiger partial charge in [0, 0.05) is 12.1 Å². The molecule has 20 heavy (non-hydrogen) atoms. The summed E-state index contributed by atoms with van der Waals surface area (Å²) in [4.78, 5) is 0. The number of rotatable bonds is 4. The summed E-state index contributed by atoms with van der Waals surface area (Å²) < 4.78 is 32.8. The monoisotopic (exact) mass is 283 g/mol. The molecule has 112 valence electrons. The Labute approximate surface area is 119 Å². The van der Waals surface area contributed by atoms with E-state index < -0.39 is 11.6 Å². The first kappa shape index (κ1) is 15.2. The van der Waals surface area contributed by atoms with E-state index in [0.29, 0.717) is 11.8 Å². The van der Waals surface area contributed by atoms with Crippen molar-refractivity contribution in [2.45, 2.75) is 45.8 Å². The first-order valence-corrected chi connectivity index (χ1v) is 7.36. The van der Waals surface area contributed by atoms with Gasteiger partial charge in [-0.25, -0.2) is 8.78 Å². The Morgan fingerprint density at radius 3 is 2.70 bits per heavy atom. The van der Waals surface area contributed by atoms with Crippen LogP contribution in [0, 0.1) is 23.5 Å². The van der Waals surface area contributed by atoms with E-state index in [9.17, 15) is 8.78 Å². The predicted molar refractivity (Wildman–Crippen MR) is 75.8 cm³/mol. The van der Waals surface area contributed by atoms with Gasteiger partial charge in [-0.2, -0.15) is 0 Å². The molecule has 0 radical (unpaired) electrons. The van der Waals surface area contributed by atoms with Crippen LogP contribution in [-0.4, -0.2) is 18.7 Å². The molecule has 1 aliphatic carbocycles. The van der Waals surface area contributed by atoms with Crippen molar-refractivity contribution < 1.29 is 13.5 Å². The molecule has 0 aromatic heterocycles. The molecule has 2 rings (SSSR count). The molecule has 0 aliphatic heterocycles. The Hall–Kier alpha value is -1.16. The first-order valence-electron chi connectivity index (χ1n) is 7.36. The van der Waals surface area contributed by atoms with Crippen molar-refractivity contribution in [1.29, 1.82) is 0 Å². The Morgan fingerprint density at radius 2 is 2.00 bits per heavy atom. The third kappa shape index (κ3) is 3.48. The van der Waals surface area contributed by atoms with Gasteiger partial charge in [0.1, 0.15) is 11.9 Å². The van der Waals surface area contributed by atoms with Crippen molar-refractivity contribution in [2.75, 3.05) is 6.54 Å². The topological polar surface area (TPSA) is 21.3 Å². The van der Waals surface area contributed by atoms with Crippen LogP contribution in [0.3, 0.4) is 0 Å². The number of halogens is 2. The van der Waals surface area contributed by atoms with Gasteiger partial charge in [0.05, 0.1) is 0 Å². The van der Waals surface area contributed by atoms with E-state index in [4.69, 9.17) is 4.74 Å². The second-order valence-electron chi connectivity index (χ2n) is 5.88. The van der Waals surface area contributed by atoms with Gasteiger partial charge in [0.2, 0.25) is 0 Å². The highest BCUT2D eigenvalue weighted by atomic mass is 19.1. The summed E-state index contributed by atoms with van der Waals surface area (Å²) in [5.74, 6) is -0.0401. The number of likely N-dealkylation sites (N-methyl/N-ethyl adjacent to an activating group) is 1. The third-order valence-corrected chi connectivity index (χ3v) is 4.01. The van der Waals surface area contributed by atoms with Crippen LogP contribution in [0.1, 0.15) is 33.6 Å². The molecule has 1 aromatic carbocycles. The molecule has 0 saturated heterocycles. The van der Waals surface area contributed by atoms with Crippen LogP contribution >= 0.6 is 0 Å². The highest BCUT2D eigenvalue weighted by Crippen LogP contribution is 2.33. The van der Waals surface area contributed by atoms with E-state index in [1.807, 2.05) is 6.92 Å². The van der Waals surface area contributed by atoms with Crippen molar-refractivity contribution in [3.63, 3.8) is 0 Å². The lowest BCUT2D eigenvalue weighted by atomic mass is 9.78. The van der Waals surface area contributed by atoms with Gasteiger partial charge >= 0.3 is 0 Å². The largest absolute Gasteiger partial charge is 0.485 e. The van der Waals surface area contributed by atoms with E-state index in [1.165, 1.54) is 0 Å². The van der Waals surface area contributed by atoms with Crippen LogP contribution in [0.4, 0.5) is 8.78 Å². The average Bonchev–Trinajstić information content (AvgIpc) is 2.38. The van der Waals surface area contributed by atoms with Crippen molar-refractivity contribution >= 4 is 0 Å². The summed E-state index contributed by atoms with van der Waals surface area (Å²) in [5.41, 5.74) is 0. The number of nitrogens with one attached hydrogen (secondary N) is 1. The zero-order valence-electron chi connectivity index (χ0n) is 12.3. The van der Waals surface area contributed by atoms with Gasteiger partial charge < -0.3 is 10.1 Å². The van der Waals surface area contributed by atoms with Crippen molar-refractivity contribution in [1.82, 2.24) is 5.32 Å². The number of hydrogen-bond donors (Lipinski definition) is 1. The maximum absolute atomic E-state index is 13.7. The molecule has 1 aliphatic rings. The molecular formula is C16H23F2NO. The number of ether oxygens (including phenoxy) is 1. The SMILES string of the molecule is CCNC1CC(C)CC(C)C1Oc1cc(F)ccc1F. The van der Waals surface area contributed by atoms with E-state index >= 15 is 0 Å². The average molecular weight is 283 g/mol. The summed E-state index contributed by atoms with van der Waals surface area (Å²) in [6.07, 6.45) is 1.92. The highest BCUT2D eigenvalue weighted by Gasteiger charge is 2.35. The maximum Gasteiger partial charge on any atom is 0.165 e. The first-order chi connectivity index (χ1) is 9.51. The molecule has 0 heterocycles. The van der Waals surface area contributed by atoms with Crippen LogP contribution in [-0.2, 0) is 0 Å². The quantitative estimate of drug-likeness (QED) is 0.908. The predicted octanol–water partition coefficient (Wildman–Crippen LogP) is 3.76. The Morgan fingerprint density at radius 1 is 1.25 bits per heavy atom. The fourth-order valence-electron chi connectivity index (χ4n) is 3.20. The molecule has 0 spiro atoms. The summed E-state index contributed by atoms with van der Waals surface area (Å²) in [5, 5.41) is 3.41. The van der Waals surface area contributed by atoms with Gasteiger partial charge in [-0.05, 0) is 43.4 Å². The standard InChI is InChI=1S/C16H23F2NO/c1-4-19-14-8-10(2)7-11(3)16(14)20-15-9-12(17)5-6-13(15)18/h5-6,9-11,14,16,19H,4,7-8H2,1-3H3. The molecule has 2 nitrogen and oxygen atoms in total. The molecule has 1 aromatic rings. The molecular weight excluding hydrogens is 260 g/mol. The van der Waals surface area contributed by atoms with Gasteiger partial charge in [-0.3, -0.25) is 0 Å². The highest BCUT2D eigenvalue weighted by molar-refractivity contribution is 5.25. The molecule has 1 saturated carbocycles.